The highest BCUT2D eigenvalue weighted by Gasteiger charge is 2.40. The number of benzene rings is 1. The van der Waals surface area contributed by atoms with Crippen LogP contribution in [-0.2, 0) is 14.8 Å². The summed E-state index contributed by atoms with van der Waals surface area (Å²) in [6, 6.07) is 6.26. The standard InChI is InChI=1S/C19H27N3O4S/c1-21(2)12-13-22-17(19(24)20-14-8-4-3-5-9-14)18(23)15-10-6-7-11-16(15)27(22,25)26/h6-7,10-11,14,23H,3-5,8-9,12-13H2,1-2H3,(H,20,24). The van der Waals surface area contributed by atoms with Crippen molar-refractivity contribution >= 4 is 21.7 Å². The van der Waals surface area contributed by atoms with Crippen molar-refractivity contribution in [1.82, 2.24) is 14.5 Å². The van der Waals surface area contributed by atoms with Crippen LogP contribution < -0.4 is 5.32 Å². The van der Waals surface area contributed by atoms with E-state index >= 15 is 0 Å². The zero-order valence-electron chi connectivity index (χ0n) is 15.8. The molecule has 1 aromatic carbocycles. The molecule has 0 bridgehead atoms. The third-order valence-electron chi connectivity index (χ3n) is 5.09. The van der Waals surface area contributed by atoms with Crippen LogP contribution in [0.5, 0.6) is 0 Å². The molecule has 8 heteroatoms. The zero-order chi connectivity index (χ0) is 19.6. The predicted octanol–water partition coefficient (Wildman–Crippen LogP) is 1.93. The van der Waals surface area contributed by atoms with Crippen molar-refractivity contribution in [3.8, 4) is 0 Å². The van der Waals surface area contributed by atoms with Gasteiger partial charge < -0.3 is 15.3 Å². The molecule has 1 amide bonds. The summed E-state index contributed by atoms with van der Waals surface area (Å²) in [6.45, 7) is 0.510. The summed E-state index contributed by atoms with van der Waals surface area (Å²) >= 11 is 0. The van der Waals surface area contributed by atoms with Gasteiger partial charge in [-0.1, -0.05) is 31.4 Å². The molecule has 1 heterocycles. The number of nitrogens with one attached hydrogen (secondary N) is 1. The Morgan fingerprint density at radius 3 is 2.56 bits per heavy atom. The molecular formula is C19H27N3O4S. The van der Waals surface area contributed by atoms with E-state index in [2.05, 4.69) is 5.32 Å². The molecule has 1 aromatic rings. The molecule has 1 saturated carbocycles. The van der Waals surface area contributed by atoms with E-state index in [4.69, 9.17) is 0 Å². The maximum Gasteiger partial charge on any atom is 0.272 e. The molecule has 0 radical (unpaired) electrons. The Balaban J connectivity index is 2.01. The van der Waals surface area contributed by atoms with Gasteiger partial charge >= 0.3 is 0 Å². The van der Waals surface area contributed by atoms with Crippen molar-refractivity contribution in [3.05, 3.63) is 35.5 Å². The number of aliphatic hydroxyl groups excluding tert-OH is 1. The minimum absolute atomic E-state index is 0.0159. The monoisotopic (exact) mass is 393 g/mol. The quantitative estimate of drug-likeness (QED) is 0.798. The molecule has 0 aromatic heterocycles. The fourth-order valence-electron chi connectivity index (χ4n) is 3.62. The summed E-state index contributed by atoms with van der Waals surface area (Å²) in [5.74, 6) is -0.816. The van der Waals surface area contributed by atoms with Gasteiger partial charge in [-0.05, 0) is 39.1 Å². The predicted molar refractivity (Wildman–Crippen MR) is 103 cm³/mol. The molecule has 7 nitrogen and oxygen atoms in total. The van der Waals surface area contributed by atoms with Crippen molar-refractivity contribution < 1.29 is 18.3 Å². The van der Waals surface area contributed by atoms with Gasteiger partial charge in [-0.2, -0.15) is 0 Å². The van der Waals surface area contributed by atoms with Gasteiger partial charge in [0.1, 0.15) is 0 Å². The molecule has 1 aliphatic carbocycles. The molecule has 0 spiro atoms. The van der Waals surface area contributed by atoms with E-state index in [0.29, 0.717) is 6.54 Å². The van der Waals surface area contributed by atoms with Gasteiger partial charge in [-0.3, -0.25) is 9.10 Å². The van der Waals surface area contributed by atoms with E-state index in [1.54, 1.807) is 12.1 Å². The number of fused-ring (bicyclic) bond motifs is 1. The van der Waals surface area contributed by atoms with E-state index in [9.17, 15) is 18.3 Å². The van der Waals surface area contributed by atoms with E-state index < -0.39 is 15.9 Å². The van der Waals surface area contributed by atoms with Crippen LogP contribution in [0.3, 0.4) is 0 Å². The zero-order valence-corrected chi connectivity index (χ0v) is 16.6. The Bertz CT molecular complexity index is 842. The molecule has 0 saturated heterocycles. The third-order valence-corrected chi connectivity index (χ3v) is 6.95. The number of carbonyl (C=O) groups excluding carboxylic acids is 1. The first kappa shape index (κ1) is 19.7. The first-order valence-corrected chi connectivity index (χ1v) is 10.8. The highest BCUT2D eigenvalue weighted by Crippen LogP contribution is 2.35. The molecule has 3 rings (SSSR count). The average Bonchev–Trinajstić information content (AvgIpc) is 2.64. The van der Waals surface area contributed by atoms with E-state index in [-0.39, 0.29) is 34.5 Å². The summed E-state index contributed by atoms with van der Waals surface area (Å²) in [7, 11) is -0.260. The lowest BCUT2D eigenvalue weighted by Gasteiger charge is -2.33. The Hall–Kier alpha value is -2.06. The number of nitrogens with zero attached hydrogens (tertiary/aromatic N) is 2. The molecule has 0 unspecified atom stereocenters. The lowest BCUT2D eigenvalue weighted by molar-refractivity contribution is -0.119. The van der Waals surface area contributed by atoms with Crippen molar-refractivity contribution in [3.63, 3.8) is 0 Å². The van der Waals surface area contributed by atoms with Gasteiger partial charge in [0.2, 0.25) is 0 Å². The van der Waals surface area contributed by atoms with Crippen LogP contribution in [0.4, 0.5) is 0 Å². The van der Waals surface area contributed by atoms with Crippen molar-refractivity contribution in [1.29, 1.82) is 0 Å². The molecule has 1 aliphatic heterocycles. The highest BCUT2D eigenvalue weighted by molar-refractivity contribution is 7.89. The number of amides is 1. The van der Waals surface area contributed by atoms with Gasteiger partial charge in [0.15, 0.2) is 11.5 Å². The SMILES string of the molecule is CN(C)CCN1C(C(=O)NC2CCCCC2)=C(O)c2ccccc2S1(=O)=O. The smallest absolute Gasteiger partial charge is 0.272 e. The van der Waals surface area contributed by atoms with Crippen LogP contribution >= 0.6 is 0 Å². The number of rotatable bonds is 5. The summed E-state index contributed by atoms with van der Waals surface area (Å²) < 4.78 is 27.3. The van der Waals surface area contributed by atoms with Gasteiger partial charge in [0.05, 0.1) is 4.90 Å². The van der Waals surface area contributed by atoms with E-state index in [1.165, 1.54) is 12.1 Å². The van der Waals surface area contributed by atoms with Crippen LogP contribution in [0, 0.1) is 0 Å². The van der Waals surface area contributed by atoms with Gasteiger partial charge in [-0.15, -0.1) is 0 Å². The summed E-state index contributed by atoms with van der Waals surface area (Å²) in [5.41, 5.74) is -0.00600. The number of carbonyl (C=O) groups is 1. The Labute approximate surface area is 160 Å². The maximum absolute atomic E-state index is 13.2. The lowest BCUT2D eigenvalue weighted by Crippen LogP contribution is -2.46. The first-order valence-electron chi connectivity index (χ1n) is 9.33. The minimum Gasteiger partial charge on any atom is -0.505 e. The summed E-state index contributed by atoms with van der Waals surface area (Å²) in [5, 5.41) is 13.7. The van der Waals surface area contributed by atoms with Crippen LogP contribution in [0.1, 0.15) is 37.7 Å². The lowest BCUT2D eigenvalue weighted by atomic mass is 9.95. The fraction of sp³-hybridized carbons (Fsp3) is 0.526. The molecule has 0 atom stereocenters. The first-order chi connectivity index (χ1) is 12.8. The summed E-state index contributed by atoms with van der Waals surface area (Å²) in [6.07, 6.45) is 4.99. The van der Waals surface area contributed by atoms with Gasteiger partial charge in [-0.25, -0.2) is 8.42 Å². The molecule has 2 N–H and O–H groups in total. The number of sulfonamides is 1. The highest BCUT2D eigenvalue weighted by atomic mass is 32.2. The number of aliphatic hydroxyl groups is 1. The summed E-state index contributed by atoms with van der Waals surface area (Å²) in [4.78, 5) is 14.8. The van der Waals surface area contributed by atoms with Crippen LogP contribution in [0.25, 0.3) is 5.76 Å². The second kappa shape index (κ2) is 7.90. The Morgan fingerprint density at radius 2 is 1.89 bits per heavy atom. The molecule has 2 aliphatic rings. The minimum atomic E-state index is -3.92. The van der Waals surface area contributed by atoms with Crippen LogP contribution in [-0.4, -0.2) is 61.9 Å². The van der Waals surface area contributed by atoms with Crippen LogP contribution in [0.2, 0.25) is 0 Å². The van der Waals surface area contributed by atoms with Crippen LogP contribution in [0.15, 0.2) is 34.9 Å². The number of hydrogen-bond acceptors (Lipinski definition) is 5. The fourth-order valence-corrected chi connectivity index (χ4v) is 5.28. The molecular weight excluding hydrogens is 366 g/mol. The second-order valence-corrected chi connectivity index (χ2v) is 9.21. The second-order valence-electron chi connectivity index (χ2n) is 7.38. The van der Waals surface area contributed by atoms with E-state index in [1.807, 2.05) is 19.0 Å². The molecule has 27 heavy (non-hydrogen) atoms. The maximum atomic E-state index is 13.2. The topological polar surface area (TPSA) is 89.9 Å². The van der Waals surface area contributed by atoms with Crippen molar-refractivity contribution in [2.75, 3.05) is 27.2 Å². The Kier molecular flexibility index (Phi) is 5.76. The number of likely N-dealkylation sites (N-methyl/N-ethyl adjacent to an activating group) is 1. The third kappa shape index (κ3) is 3.96. The molecule has 1 fully saturated rings. The molecule has 148 valence electrons. The number of hydrogen-bond donors (Lipinski definition) is 2. The van der Waals surface area contributed by atoms with E-state index in [0.717, 1.165) is 36.4 Å². The van der Waals surface area contributed by atoms with Crippen molar-refractivity contribution in [2.45, 2.75) is 43.0 Å². The largest absolute Gasteiger partial charge is 0.505 e. The van der Waals surface area contributed by atoms with Gasteiger partial charge in [0, 0.05) is 24.7 Å². The normalized spacial score (nSPS) is 19.9. The van der Waals surface area contributed by atoms with Crippen molar-refractivity contribution in [2.24, 2.45) is 0 Å². The Morgan fingerprint density at radius 1 is 1.22 bits per heavy atom. The van der Waals surface area contributed by atoms with Gasteiger partial charge in [0.25, 0.3) is 15.9 Å². The average molecular weight is 394 g/mol.